The first-order chi connectivity index (χ1) is 8.29. The second-order valence-corrected chi connectivity index (χ2v) is 5.02. The van der Waals surface area contributed by atoms with E-state index in [4.69, 9.17) is 0 Å². The molecule has 17 heavy (non-hydrogen) atoms. The smallest absolute Gasteiger partial charge is 0.194 e. The summed E-state index contributed by atoms with van der Waals surface area (Å²) < 4.78 is 2.15. The Morgan fingerprint density at radius 3 is 2.65 bits per heavy atom. The fraction of sp³-hybridized carbons (Fsp3) is 0.214. The summed E-state index contributed by atoms with van der Waals surface area (Å²) in [6.07, 6.45) is 3.16. The third kappa shape index (κ3) is 1.67. The van der Waals surface area contributed by atoms with Crippen LogP contribution in [0.1, 0.15) is 18.2 Å². The predicted octanol–water partition coefficient (Wildman–Crippen LogP) is 3.93. The molecule has 0 saturated heterocycles. The van der Waals surface area contributed by atoms with Crippen molar-refractivity contribution < 1.29 is 0 Å². The number of thiazole rings is 1. The van der Waals surface area contributed by atoms with E-state index >= 15 is 0 Å². The Hall–Kier alpha value is -1.61. The zero-order valence-electron chi connectivity index (χ0n) is 9.97. The summed E-state index contributed by atoms with van der Waals surface area (Å²) >= 11 is 1.68. The average Bonchev–Trinajstić information content (AvgIpc) is 2.93. The molecule has 0 aliphatic rings. The van der Waals surface area contributed by atoms with Crippen molar-refractivity contribution in [2.45, 2.75) is 20.3 Å². The Morgan fingerprint density at radius 2 is 2.00 bits per heavy atom. The molecule has 0 radical (unpaired) electrons. The minimum Gasteiger partial charge on any atom is -0.294 e. The lowest BCUT2D eigenvalue weighted by molar-refractivity contribution is 1.13. The molecule has 2 aromatic heterocycles. The highest BCUT2D eigenvalue weighted by molar-refractivity contribution is 7.15. The molecule has 0 N–H and O–H groups in total. The number of rotatable bonds is 2. The van der Waals surface area contributed by atoms with E-state index in [1.54, 1.807) is 11.3 Å². The first-order valence-corrected chi connectivity index (χ1v) is 6.69. The lowest BCUT2D eigenvalue weighted by Crippen LogP contribution is -1.85. The normalized spacial score (nSPS) is 11.2. The lowest BCUT2D eigenvalue weighted by Gasteiger charge is -2.01. The Balaban J connectivity index is 2.12. The minimum atomic E-state index is 1.07. The molecule has 0 amide bonds. The first kappa shape index (κ1) is 10.5. The SMILES string of the molecule is CCc1ccc(-c2nc3sccn3c2C)cc1. The van der Waals surface area contributed by atoms with E-state index < -0.39 is 0 Å². The predicted molar refractivity (Wildman–Crippen MR) is 72.6 cm³/mol. The third-order valence-corrected chi connectivity index (χ3v) is 3.89. The quantitative estimate of drug-likeness (QED) is 0.665. The zero-order chi connectivity index (χ0) is 11.8. The molecule has 0 unspecified atom stereocenters. The largest absolute Gasteiger partial charge is 0.294 e. The molecular formula is C14H14N2S. The van der Waals surface area contributed by atoms with E-state index in [9.17, 15) is 0 Å². The molecule has 0 aliphatic heterocycles. The van der Waals surface area contributed by atoms with Crippen molar-refractivity contribution in [3.8, 4) is 11.3 Å². The van der Waals surface area contributed by atoms with E-state index in [0.717, 1.165) is 17.1 Å². The van der Waals surface area contributed by atoms with Crippen molar-refractivity contribution in [3.63, 3.8) is 0 Å². The van der Waals surface area contributed by atoms with Crippen molar-refractivity contribution >= 4 is 16.3 Å². The summed E-state index contributed by atoms with van der Waals surface area (Å²) in [6.45, 7) is 4.29. The molecule has 0 spiro atoms. The maximum absolute atomic E-state index is 4.68. The number of imidazole rings is 1. The van der Waals surface area contributed by atoms with E-state index in [1.807, 2.05) is 0 Å². The minimum absolute atomic E-state index is 1.07. The lowest BCUT2D eigenvalue weighted by atomic mass is 10.1. The van der Waals surface area contributed by atoms with Crippen LogP contribution >= 0.6 is 11.3 Å². The monoisotopic (exact) mass is 242 g/mol. The number of fused-ring (bicyclic) bond motifs is 1. The standard InChI is InChI=1S/C14H14N2S/c1-3-11-4-6-12(7-5-11)13-10(2)16-8-9-17-14(16)15-13/h4-9H,3H2,1-2H3. The number of aromatic nitrogens is 2. The van der Waals surface area contributed by atoms with Crippen LogP contribution in [0.4, 0.5) is 0 Å². The Labute approximate surface area is 105 Å². The molecule has 86 valence electrons. The summed E-state index contributed by atoms with van der Waals surface area (Å²) in [4.78, 5) is 5.75. The van der Waals surface area contributed by atoms with Crippen molar-refractivity contribution in [1.82, 2.24) is 9.38 Å². The van der Waals surface area contributed by atoms with E-state index in [0.29, 0.717) is 0 Å². The molecule has 0 saturated carbocycles. The van der Waals surface area contributed by atoms with Crippen LogP contribution in [-0.4, -0.2) is 9.38 Å². The fourth-order valence-electron chi connectivity index (χ4n) is 2.07. The van der Waals surface area contributed by atoms with Gasteiger partial charge in [-0.15, -0.1) is 11.3 Å². The van der Waals surface area contributed by atoms with Gasteiger partial charge in [-0.25, -0.2) is 4.98 Å². The summed E-state index contributed by atoms with van der Waals surface area (Å²) in [5, 5.41) is 2.07. The number of hydrogen-bond acceptors (Lipinski definition) is 2. The molecule has 2 heterocycles. The van der Waals surface area contributed by atoms with E-state index in [1.165, 1.54) is 16.8 Å². The summed E-state index contributed by atoms with van der Waals surface area (Å²) in [5.41, 5.74) is 4.88. The van der Waals surface area contributed by atoms with Crippen molar-refractivity contribution in [3.05, 3.63) is 47.1 Å². The van der Waals surface area contributed by atoms with Gasteiger partial charge in [0.25, 0.3) is 0 Å². The van der Waals surface area contributed by atoms with Crippen LogP contribution < -0.4 is 0 Å². The molecule has 0 aliphatic carbocycles. The van der Waals surface area contributed by atoms with Crippen LogP contribution in [0.2, 0.25) is 0 Å². The highest BCUT2D eigenvalue weighted by Crippen LogP contribution is 2.26. The van der Waals surface area contributed by atoms with Crippen LogP contribution in [-0.2, 0) is 6.42 Å². The van der Waals surface area contributed by atoms with Gasteiger partial charge in [-0.05, 0) is 18.9 Å². The van der Waals surface area contributed by atoms with Gasteiger partial charge < -0.3 is 0 Å². The van der Waals surface area contributed by atoms with Gasteiger partial charge in [0.2, 0.25) is 0 Å². The molecule has 0 atom stereocenters. The number of aryl methyl sites for hydroxylation is 2. The Bertz CT molecular complexity index is 646. The summed E-state index contributed by atoms with van der Waals surface area (Å²) in [7, 11) is 0. The third-order valence-electron chi connectivity index (χ3n) is 3.14. The summed E-state index contributed by atoms with van der Waals surface area (Å²) in [5.74, 6) is 0. The topological polar surface area (TPSA) is 17.3 Å². The van der Waals surface area contributed by atoms with Gasteiger partial charge >= 0.3 is 0 Å². The number of benzene rings is 1. The van der Waals surface area contributed by atoms with Gasteiger partial charge in [0.15, 0.2) is 4.96 Å². The van der Waals surface area contributed by atoms with Crippen molar-refractivity contribution in [2.75, 3.05) is 0 Å². The number of nitrogens with zero attached hydrogens (tertiary/aromatic N) is 2. The molecule has 0 bridgehead atoms. The first-order valence-electron chi connectivity index (χ1n) is 5.81. The molecule has 3 heteroatoms. The Morgan fingerprint density at radius 1 is 1.24 bits per heavy atom. The average molecular weight is 242 g/mol. The fourth-order valence-corrected chi connectivity index (χ4v) is 2.83. The highest BCUT2D eigenvalue weighted by atomic mass is 32.1. The maximum atomic E-state index is 4.68. The van der Waals surface area contributed by atoms with E-state index in [2.05, 4.69) is 59.1 Å². The molecule has 3 aromatic rings. The van der Waals surface area contributed by atoms with Gasteiger partial charge in [-0.3, -0.25) is 4.40 Å². The van der Waals surface area contributed by atoms with Crippen LogP contribution in [0, 0.1) is 6.92 Å². The second-order valence-electron chi connectivity index (χ2n) is 4.15. The van der Waals surface area contributed by atoms with Gasteiger partial charge in [0, 0.05) is 22.8 Å². The van der Waals surface area contributed by atoms with Crippen molar-refractivity contribution in [1.29, 1.82) is 0 Å². The van der Waals surface area contributed by atoms with Gasteiger partial charge in [0.1, 0.15) is 0 Å². The van der Waals surface area contributed by atoms with Gasteiger partial charge in [-0.2, -0.15) is 0 Å². The Kier molecular flexibility index (Phi) is 2.48. The van der Waals surface area contributed by atoms with E-state index in [-0.39, 0.29) is 0 Å². The molecule has 1 aromatic carbocycles. The van der Waals surface area contributed by atoms with Gasteiger partial charge in [-0.1, -0.05) is 31.2 Å². The van der Waals surface area contributed by atoms with Crippen LogP contribution in [0.3, 0.4) is 0 Å². The second kappa shape index (κ2) is 4.00. The van der Waals surface area contributed by atoms with Crippen molar-refractivity contribution in [2.24, 2.45) is 0 Å². The molecular weight excluding hydrogens is 228 g/mol. The molecule has 0 fully saturated rings. The summed E-state index contributed by atoms with van der Waals surface area (Å²) in [6, 6.07) is 8.70. The zero-order valence-corrected chi connectivity index (χ0v) is 10.8. The van der Waals surface area contributed by atoms with Crippen LogP contribution in [0.25, 0.3) is 16.2 Å². The maximum Gasteiger partial charge on any atom is 0.194 e. The molecule has 3 rings (SSSR count). The molecule has 2 nitrogen and oxygen atoms in total. The van der Waals surface area contributed by atoms with Crippen LogP contribution in [0.15, 0.2) is 35.8 Å². The van der Waals surface area contributed by atoms with Crippen LogP contribution in [0.5, 0.6) is 0 Å². The van der Waals surface area contributed by atoms with Gasteiger partial charge in [0.05, 0.1) is 5.69 Å². The number of hydrogen-bond donors (Lipinski definition) is 0. The highest BCUT2D eigenvalue weighted by Gasteiger charge is 2.10.